The minimum atomic E-state index is -3.86. The fourth-order valence-corrected chi connectivity index (χ4v) is 3.04. The smallest absolute Gasteiger partial charge is 0.242 e. The van der Waals surface area contributed by atoms with Crippen LogP contribution >= 0.6 is 0 Å². The number of likely N-dealkylation sites (N-methyl/N-ethyl adjacent to an activating group) is 1. The summed E-state index contributed by atoms with van der Waals surface area (Å²) < 4.78 is 31.8. The van der Waals surface area contributed by atoms with E-state index in [2.05, 4.69) is 15.4 Å². The van der Waals surface area contributed by atoms with Gasteiger partial charge in [-0.15, -0.1) is 0 Å². The zero-order valence-corrected chi connectivity index (χ0v) is 14.9. The zero-order chi connectivity index (χ0) is 18.3. The van der Waals surface area contributed by atoms with Crippen LogP contribution in [0.3, 0.4) is 0 Å². The van der Waals surface area contributed by atoms with Gasteiger partial charge in [0.25, 0.3) is 0 Å². The van der Waals surface area contributed by atoms with Gasteiger partial charge in [-0.3, -0.25) is 9.59 Å². The monoisotopic (exact) mass is 357 g/mol. The number of hydrogen-bond donors (Lipinski definition) is 3. The van der Waals surface area contributed by atoms with Gasteiger partial charge in [0.1, 0.15) is 11.8 Å². The molecule has 2 atom stereocenters. The zero-order valence-electron chi connectivity index (χ0n) is 14.1. The van der Waals surface area contributed by atoms with E-state index in [1.165, 1.54) is 45.2 Å². The molecule has 0 fully saturated rings. The van der Waals surface area contributed by atoms with Gasteiger partial charge in [-0.1, -0.05) is 0 Å². The number of methoxy groups -OCH3 is 1. The molecule has 0 bridgehead atoms. The third-order valence-corrected chi connectivity index (χ3v) is 4.75. The lowest BCUT2D eigenvalue weighted by molar-refractivity contribution is -0.129. The van der Waals surface area contributed by atoms with E-state index in [0.717, 1.165) is 0 Å². The maximum Gasteiger partial charge on any atom is 0.242 e. The Hall–Kier alpha value is -2.13. The largest absolute Gasteiger partial charge is 0.497 e. The average molecular weight is 357 g/mol. The number of nitrogens with one attached hydrogen (secondary N) is 3. The molecule has 0 saturated heterocycles. The van der Waals surface area contributed by atoms with Crippen molar-refractivity contribution in [3.8, 4) is 5.75 Å². The second kappa shape index (κ2) is 8.65. The van der Waals surface area contributed by atoms with Crippen LogP contribution in [0, 0.1) is 0 Å². The van der Waals surface area contributed by atoms with E-state index >= 15 is 0 Å². The van der Waals surface area contributed by atoms with Crippen molar-refractivity contribution in [2.45, 2.75) is 37.8 Å². The molecule has 8 nitrogen and oxygen atoms in total. The summed E-state index contributed by atoms with van der Waals surface area (Å²) in [5, 5.41) is 5.03. The second-order valence-corrected chi connectivity index (χ2v) is 6.86. The highest BCUT2D eigenvalue weighted by molar-refractivity contribution is 7.89. The SMILES string of the molecule is CCNC(=O)C(C)NC(=O)[C@H](C)NS(=O)(=O)c1ccc(OC)cc1. The van der Waals surface area contributed by atoms with Gasteiger partial charge >= 0.3 is 0 Å². The van der Waals surface area contributed by atoms with Crippen molar-refractivity contribution >= 4 is 21.8 Å². The summed E-state index contributed by atoms with van der Waals surface area (Å²) >= 11 is 0. The highest BCUT2D eigenvalue weighted by atomic mass is 32.2. The van der Waals surface area contributed by atoms with Crippen molar-refractivity contribution in [1.82, 2.24) is 15.4 Å². The van der Waals surface area contributed by atoms with E-state index in [1.54, 1.807) is 6.92 Å². The molecule has 1 rings (SSSR count). The molecule has 1 aromatic rings. The van der Waals surface area contributed by atoms with Gasteiger partial charge in [-0.25, -0.2) is 8.42 Å². The molecule has 0 saturated carbocycles. The lowest BCUT2D eigenvalue weighted by atomic mass is 10.2. The number of sulfonamides is 1. The van der Waals surface area contributed by atoms with E-state index in [-0.39, 0.29) is 10.8 Å². The highest BCUT2D eigenvalue weighted by Crippen LogP contribution is 2.15. The first-order valence-electron chi connectivity index (χ1n) is 7.45. The standard InChI is InChI=1S/C15H23N3O5S/c1-5-16-14(19)10(2)17-15(20)11(3)18-24(21,22)13-8-6-12(23-4)7-9-13/h6-11,18H,5H2,1-4H3,(H,16,19)(H,17,20)/t10?,11-/m0/s1. The molecule has 0 heterocycles. The Morgan fingerprint density at radius 2 is 1.67 bits per heavy atom. The summed E-state index contributed by atoms with van der Waals surface area (Å²) in [7, 11) is -2.39. The van der Waals surface area contributed by atoms with Gasteiger partial charge < -0.3 is 15.4 Å². The molecule has 3 N–H and O–H groups in total. The van der Waals surface area contributed by atoms with Crippen LogP contribution in [0.1, 0.15) is 20.8 Å². The Bertz CT molecular complexity index is 673. The Morgan fingerprint density at radius 1 is 1.08 bits per heavy atom. The van der Waals surface area contributed by atoms with E-state index in [9.17, 15) is 18.0 Å². The summed E-state index contributed by atoms with van der Waals surface area (Å²) in [6, 6.07) is 3.98. The predicted octanol–water partition coefficient (Wildman–Crippen LogP) is 0.00280. The van der Waals surface area contributed by atoms with Gasteiger partial charge in [-0.2, -0.15) is 4.72 Å². The van der Waals surface area contributed by atoms with E-state index in [1.807, 2.05) is 0 Å². The Balaban J connectivity index is 2.72. The van der Waals surface area contributed by atoms with Crippen molar-refractivity contribution < 1.29 is 22.7 Å². The fraction of sp³-hybridized carbons (Fsp3) is 0.467. The maximum absolute atomic E-state index is 12.3. The number of carbonyl (C=O) groups is 2. The van der Waals surface area contributed by atoms with E-state index in [4.69, 9.17) is 4.74 Å². The molecular formula is C15H23N3O5S. The lowest BCUT2D eigenvalue weighted by Gasteiger charge is -2.18. The van der Waals surface area contributed by atoms with Crippen LogP contribution in [-0.2, 0) is 19.6 Å². The minimum Gasteiger partial charge on any atom is -0.497 e. The van der Waals surface area contributed by atoms with Crippen LogP contribution in [0.2, 0.25) is 0 Å². The van der Waals surface area contributed by atoms with Gasteiger partial charge in [0.15, 0.2) is 0 Å². The van der Waals surface area contributed by atoms with E-state index < -0.39 is 28.0 Å². The molecule has 0 radical (unpaired) electrons. The predicted molar refractivity (Wildman–Crippen MR) is 89.1 cm³/mol. The second-order valence-electron chi connectivity index (χ2n) is 5.14. The molecule has 1 unspecified atom stereocenters. The number of amides is 2. The van der Waals surface area contributed by atoms with Gasteiger partial charge in [0, 0.05) is 6.54 Å². The number of rotatable bonds is 8. The average Bonchev–Trinajstić information content (AvgIpc) is 2.54. The van der Waals surface area contributed by atoms with Gasteiger partial charge in [-0.05, 0) is 45.0 Å². The molecule has 0 aliphatic heterocycles. The molecule has 24 heavy (non-hydrogen) atoms. The molecule has 0 aromatic heterocycles. The van der Waals surface area contributed by atoms with Gasteiger partial charge in [0.05, 0.1) is 18.0 Å². The number of carbonyl (C=O) groups excluding carboxylic acids is 2. The first-order valence-corrected chi connectivity index (χ1v) is 8.94. The van der Waals surface area contributed by atoms with Crippen LogP contribution in [-0.4, -0.2) is 46.0 Å². The highest BCUT2D eigenvalue weighted by Gasteiger charge is 2.24. The molecule has 134 valence electrons. The summed E-state index contributed by atoms with van der Waals surface area (Å²) in [5.41, 5.74) is 0. The first-order chi connectivity index (χ1) is 11.2. The third kappa shape index (κ3) is 5.50. The Labute approximate surface area is 142 Å². The summed E-state index contributed by atoms with van der Waals surface area (Å²) in [5.74, 6) is -0.405. The number of hydrogen-bond acceptors (Lipinski definition) is 5. The molecule has 9 heteroatoms. The molecule has 2 amide bonds. The van der Waals surface area contributed by atoms with Crippen LogP contribution in [0.4, 0.5) is 0 Å². The summed E-state index contributed by atoms with van der Waals surface area (Å²) in [6.07, 6.45) is 0. The number of ether oxygens (including phenoxy) is 1. The third-order valence-electron chi connectivity index (χ3n) is 3.20. The molecule has 0 spiro atoms. The molecule has 0 aliphatic rings. The van der Waals surface area contributed by atoms with Crippen molar-refractivity contribution in [3.63, 3.8) is 0 Å². The summed E-state index contributed by atoms with van der Waals surface area (Å²) in [4.78, 5) is 23.6. The normalized spacial score (nSPS) is 13.7. The van der Waals surface area contributed by atoms with Crippen molar-refractivity contribution in [3.05, 3.63) is 24.3 Å². The van der Waals surface area contributed by atoms with Crippen LogP contribution in [0.5, 0.6) is 5.75 Å². The van der Waals surface area contributed by atoms with Crippen molar-refractivity contribution in [2.24, 2.45) is 0 Å². The Morgan fingerprint density at radius 3 is 2.17 bits per heavy atom. The van der Waals surface area contributed by atoms with Gasteiger partial charge in [0.2, 0.25) is 21.8 Å². The van der Waals surface area contributed by atoms with E-state index in [0.29, 0.717) is 12.3 Å². The van der Waals surface area contributed by atoms with Crippen LogP contribution < -0.4 is 20.1 Å². The molecule has 1 aromatic carbocycles. The summed E-state index contributed by atoms with van der Waals surface area (Å²) in [6.45, 7) is 5.13. The molecular weight excluding hydrogens is 334 g/mol. The quantitative estimate of drug-likeness (QED) is 0.606. The van der Waals surface area contributed by atoms with Crippen LogP contribution in [0.25, 0.3) is 0 Å². The minimum absolute atomic E-state index is 0.0136. The fourth-order valence-electron chi connectivity index (χ4n) is 1.84. The topological polar surface area (TPSA) is 114 Å². The van der Waals surface area contributed by atoms with Crippen molar-refractivity contribution in [1.29, 1.82) is 0 Å². The van der Waals surface area contributed by atoms with Crippen LogP contribution in [0.15, 0.2) is 29.2 Å². The number of benzene rings is 1. The first kappa shape index (κ1) is 19.9. The lowest BCUT2D eigenvalue weighted by Crippen LogP contribution is -2.51. The van der Waals surface area contributed by atoms with Crippen molar-refractivity contribution in [2.75, 3.05) is 13.7 Å². The maximum atomic E-state index is 12.3. The molecule has 0 aliphatic carbocycles. The Kier molecular flexibility index (Phi) is 7.18.